The molecule has 1 unspecified atom stereocenters. The molecule has 0 bridgehead atoms. The summed E-state index contributed by atoms with van der Waals surface area (Å²) in [6, 6.07) is 8.36. The highest BCUT2D eigenvalue weighted by molar-refractivity contribution is 5.81. The van der Waals surface area contributed by atoms with Crippen molar-refractivity contribution in [2.75, 3.05) is 6.54 Å². The highest BCUT2D eigenvalue weighted by atomic mass is 19.3. The first kappa shape index (κ1) is 15.2. The number of benzene rings is 1. The molecule has 0 heterocycles. The van der Waals surface area contributed by atoms with Gasteiger partial charge in [0.15, 0.2) is 5.83 Å². The van der Waals surface area contributed by atoms with Crippen LogP contribution in [0.25, 0.3) is 0 Å². The van der Waals surface area contributed by atoms with Crippen molar-refractivity contribution in [3.8, 4) is 0 Å². The molecule has 104 valence electrons. The van der Waals surface area contributed by atoms with Crippen LogP contribution in [-0.2, 0) is 11.2 Å². The van der Waals surface area contributed by atoms with Crippen LogP contribution in [0.3, 0.4) is 0 Å². The van der Waals surface area contributed by atoms with E-state index in [-0.39, 0.29) is 6.54 Å². The highest BCUT2D eigenvalue weighted by Crippen LogP contribution is 2.11. The van der Waals surface area contributed by atoms with Crippen LogP contribution in [0.1, 0.15) is 12.0 Å². The molecule has 3 nitrogen and oxygen atoms in total. The van der Waals surface area contributed by atoms with Crippen LogP contribution in [0.5, 0.6) is 0 Å². The quantitative estimate of drug-likeness (QED) is 0.833. The van der Waals surface area contributed by atoms with E-state index in [2.05, 4.69) is 5.32 Å². The lowest BCUT2D eigenvalue weighted by Crippen LogP contribution is -2.42. The third-order valence-electron chi connectivity index (χ3n) is 2.48. The molecule has 1 aromatic carbocycles. The largest absolute Gasteiger partial charge is 0.354 e. The number of hydrogen-bond donors (Lipinski definition) is 2. The van der Waals surface area contributed by atoms with Gasteiger partial charge in [-0.25, -0.2) is 4.39 Å². The maximum atomic E-state index is 12.5. The summed E-state index contributed by atoms with van der Waals surface area (Å²) in [5.74, 6) is -2.01. The molecule has 3 N–H and O–H groups in total. The fourth-order valence-electron chi connectivity index (χ4n) is 1.48. The van der Waals surface area contributed by atoms with Gasteiger partial charge >= 0.3 is 6.08 Å². The van der Waals surface area contributed by atoms with Gasteiger partial charge in [0.2, 0.25) is 5.91 Å². The van der Waals surface area contributed by atoms with Gasteiger partial charge in [-0.3, -0.25) is 4.79 Å². The van der Waals surface area contributed by atoms with Gasteiger partial charge in [0, 0.05) is 13.0 Å². The van der Waals surface area contributed by atoms with Crippen molar-refractivity contribution < 1.29 is 18.0 Å². The van der Waals surface area contributed by atoms with Crippen molar-refractivity contribution in [3.05, 3.63) is 47.8 Å². The van der Waals surface area contributed by atoms with E-state index in [9.17, 15) is 18.0 Å². The third kappa shape index (κ3) is 5.56. The van der Waals surface area contributed by atoms with Crippen LogP contribution in [0.2, 0.25) is 0 Å². The number of halogens is 3. The highest BCUT2D eigenvalue weighted by Gasteiger charge is 2.14. The topological polar surface area (TPSA) is 55.1 Å². The lowest BCUT2D eigenvalue weighted by Gasteiger charge is -2.11. The summed E-state index contributed by atoms with van der Waals surface area (Å²) in [5.41, 5.74) is 6.55. The van der Waals surface area contributed by atoms with Gasteiger partial charge in [0.05, 0.1) is 6.04 Å². The predicted octanol–water partition coefficient (Wildman–Crippen LogP) is 2.14. The van der Waals surface area contributed by atoms with Crippen LogP contribution >= 0.6 is 0 Å². The number of rotatable bonds is 6. The van der Waals surface area contributed by atoms with Crippen LogP contribution in [-0.4, -0.2) is 18.5 Å². The molecule has 0 fully saturated rings. The minimum Gasteiger partial charge on any atom is -0.354 e. The SMILES string of the molecule is NC(Cc1ccccc1)C(=O)NCCC(F)=C(F)F. The number of amides is 1. The summed E-state index contributed by atoms with van der Waals surface area (Å²) >= 11 is 0. The lowest BCUT2D eigenvalue weighted by atomic mass is 10.1. The van der Waals surface area contributed by atoms with Gasteiger partial charge in [-0.1, -0.05) is 30.3 Å². The average Bonchev–Trinajstić information content (AvgIpc) is 2.39. The number of nitrogens with two attached hydrogens (primary N) is 1. The fraction of sp³-hybridized carbons (Fsp3) is 0.308. The van der Waals surface area contributed by atoms with E-state index in [4.69, 9.17) is 5.73 Å². The summed E-state index contributed by atoms with van der Waals surface area (Å²) in [6.07, 6.45) is -2.56. The zero-order valence-corrected chi connectivity index (χ0v) is 10.2. The molecule has 1 rings (SSSR count). The molecule has 0 saturated carbocycles. The van der Waals surface area contributed by atoms with Crippen molar-refractivity contribution in [1.82, 2.24) is 5.32 Å². The second-order valence-corrected chi connectivity index (χ2v) is 4.00. The molecule has 0 aliphatic heterocycles. The normalized spacial score (nSPS) is 11.8. The average molecular weight is 272 g/mol. The molecular formula is C13H15F3N2O. The van der Waals surface area contributed by atoms with Crippen molar-refractivity contribution in [2.45, 2.75) is 18.9 Å². The van der Waals surface area contributed by atoms with Gasteiger partial charge in [0.1, 0.15) is 0 Å². The molecule has 0 aromatic heterocycles. The van der Waals surface area contributed by atoms with E-state index in [1.165, 1.54) is 0 Å². The molecule has 0 saturated heterocycles. The molecule has 1 atom stereocenters. The Balaban J connectivity index is 2.35. The Labute approximate surface area is 109 Å². The van der Waals surface area contributed by atoms with Gasteiger partial charge in [-0.2, -0.15) is 8.78 Å². The molecule has 1 aromatic rings. The van der Waals surface area contributed by atoms with Crippen LogP contribution in [0, 0.1) is 0 Å². The van der Waals surface area contributed by atoms with Crippen molar-refractivity contribution in [1.29, 1.82) is 0 Å². The number of carbonyl (C=O) groups is 1. The second-order valence-electron chi connectivity index (χ2n) is 4.00. The standard InChI is InChI=1S/C13H15F3N2O/c14-10(12(15)16)6-7-18-13(19)11(17)8-9-4-2-1-3-5-9/h1-5,11H,6-8,17H2,(H,18,19). The van der Waals surface area contributed by atoms with E-state index < -0.39 is 30.3 Å². The van der Waals surface area contributed by atoms with Gasteiger partial charge in [-0.05, 0) is 12.0 Å². The molecule has 0 aliphatic carbocycles. The van der Waals surface area contributed by atoms with E-state index in [0.717, 1.165) is 5.56 Å². The third-order valence-corrected chi connectivity index (χ3v) is 2.48. The Morgan fingerprint density at radius 1 is 1.21 bits per heavy atom. The van der Waals surface area contributed by atoms with Crippen molar-refractivity contribution in [2.24, 2.45) is 5.73 Å². The molecule has 0 spiro atoms. The first-order chi connectivity index (χ1) is 9.00. The summed E-state index contributed by atoms with van der Waals surface area (Å²) in [4.78, 5) is 11.5. The lowest BCUT2D eigenvalue weighted by molar-refractivity contribution is -0.122. The summed E-state index contributed by atoms with van der Waals surface area (Å²) in [5, 5.41) is 2.32. The van der Waals surface area contributed by atoms with E-state index in [0.29, 0.717) is 6.42 Å². The van der Waals surface area contributed by atoms with Crippen LogP contribution in [0.15, 0.2) is 42.2 Å². The van der Waals surface area contributed by atoms with E-state index in [1.54, 1.807) is 0 Å². The number of hydrogen-bond acceptors (Lipinski definition) is 2. The Kier molecular flexibility index (Phi) is 6.08. The first-order valence-electron chi connectivity index (χ1n) is 5.77. The van der Waals surface area contributed by atoms with Crippen molar-refractivity contribution >= 4 is 5.91 Å². The van der Waals surface area contributed by atoms with E-state index >= 15 is 0 Å². The maximum Gasteiger partial charge on any atom is 0.301 e. The Morgan fingerprint density at radius 3 is 2.42 bits per heavy atom. The van der Waals surface area contributed by atoms with Gasteiger partial charge in [0.25, 0.3) is 0 Å². The maximum absolute atomic E-state index is 12.5. The summed E-state index contributed by atoms with van der Waals surface area (Å²) < 4.78 is 36.0. The zero-order chi connectivity index (χ0) is 14.3. The van der Waals surface area contributed by atoms with E-state index in [1.807, 2.05) is 30.3 Å². The number of nitrogens with one attached hydrogen (secondary N) is 1. The summed E-state index contributed by atoms with van der Waals surface area (Å²) in [7, 11) is 0. The molecular weight excluding hydrogens is 257 g/mol. The Hall–Kier alpha value is -1.82. The molecule has 1 amide bonds. The zero-order valence-electron chi connectivity index (χ0n) is 10.2. The molecule has 0 radical (unpaired) electrons. The Morgan fingerprint density at radius 2 is 1.84 bits per heavy atom. The van der Waals surface area contributed by atoms with Gasteiger partial charge in [-0.15, -0.1) is 0 Å². The monoisotopic (exact) mass is 272 g/mol. The second kappa shape index (κ2) is 7.58. The predicted molar refractivity (Wildman–Crippen MR) is 66.1 cm³/mol. The first-order valence-corrected chi connectivity index (χ1v) is 5.77. The summed E-state index contributed by atoms with van der Waals surface area (Å²) in [6.45, 7) is -0.204. The number of carbonyl (C=O) groups excluding carboxylic acids is 1. The minimum absolute atomic E-state index is 0.204. The van der Waals surface area contributed by atoms with Crippen molar-refractivity contribution in [3.63, 3.8) is 0 Å². The molecule has 19 heavy (non-hydrogen) atoms. The smallest absolute Gasteiger partial charge is 0.301 e. The van der Waals surface area contributed by atoms with Gasteiger partial charge < -0.3 is 11.1 Å². The molecule has 0 aliphatic rings. The minimum atomic E-state index is -2.36. The fourth-order valence-corrected chi connectivity index (χ4v) is 1.48. The Bertz CT molecular complexity index is 444. The molecule has 6 heteroatoms. The van der Waals surface area contributed by atoms with Crippen LogP contribution in [0.4, 0.5) is 13.2 Å². The van der Waals surface area contributed by atoms with Crippen LogP contribution < -0.4 is 11.1 Å².